The fraction of sp³-hybridized carbons (Fsp3) is 0.375. The zero-order valence-electron chi connectivity index (χ0n) is 18.3. The molecule has 2 aromatic rings. The molecule has 9 heteroatoms. The summed E-state index contributed by atoms with van der Waals surface area (Å²) >= 11 is 0. The third kappa shape index (κ3) is 5.61. The Labute approximate surface area is 191 Å². The predicted octanol–water partition coefficient (Wildman–Crippen LogP) is 3.34. The highest BCUT2D eigenvalue weighted by molar-refractivity contribution is 5.83. The molecule has 33 heavy (non-hydrogen) atoms. The first-order valence-corrected chi connectivity index (χ1v) is 10.9. The number of hydroxylamine groups is 1. The second-order valence-electron chi connectivity index (χ2n) is 7.99. The number of nitrogens with one attached hydrogen (secondary N) is 1. The number of likely N-dealkylation sites (tertiary alicyclic amines) is 1. The monoisotopic (exact) mass is 453 g/mol. The summed E-state index contributed by atoms with van der Waals surface area (Å²) in [5, 5.41) is 9.34. The van der Waals surface area contributed by atoms with Crippen LogP contribution in [0.15, 0.2) is 59.6 Å². The lowest BCUT2D eigenvalue weighted by Crippen LogP contribution is -2.29. The van der Waals surface area contributed by atoms with Gasteiger partial charge in [0.15, 0.2) is 5.84 Å². The molecule has 2 N–H and O–H groups in total. The minimum atomic E-state index is -0.888. The van der Waals surface area contributed by atoms with Crippen LogP contribution in [0.2, 0.25) is 0 Å². The minimum absolute atomic E-state index is 0.0232. The van der Waals surface area contributed by atoms with Gasteiger partial charge in [-0.25, -0.2) is 20.1 Å². The van der Waals surface area contributed by atoms with E-state index in [1.807, 2.05) is 54.6 Å². The Balaban J connectivity index is 1.42. The van der Waals surface area contributed by atoms with E-state index >= 15 is 0 Å². The molecule has 0 bridgehead atoms. The van der Waals surface area contributed by atoms with Gasteiger partial charge in [-0.05, 0) is 30.5 Å². The normalized spacial score (nSPS) is 21.9. The summed E-state index contributed by atoms with van der Waals surface area (Å²) in [6, 6.07) is 17.2. The molecule has 0 spiro atoms. The number of nitrogens with zero attached hydrogens (tertiary/aromatic N) is 2. The molecule has 0 radical (unpaired) electrons. The van der Waals surface area contributed by atoms with Gasteiger partial charge in [0.2, 0.25) is 6.23 Å². The molecule has 0 saturated carbocycles. The molecule has 1 unspecified atom stereocenters. The fourth-order valence-corrected chi connectivity index (χ4v) is 4.18. The standard InChI is InChI=1S/C24H27N3O6/c1-2-31-24(30)27-13-18(12-22(28)29)20(14-27)17-9-6-10-19(11-17)32-15-21-25-23(33-26-21)16-7-4-3-5-8-16/h3-11,18,20,23H,2,12-15H2,1H3,(H,25,26)(H,28,29)/t18-,20-,23?/m0/s1. The Morgan fingerprint density at radius 3 is 2.70 bits per heavy atom. The molecule has 0 aromatic heterocycles. The minimum Gasteiger partial charge on any atom is -0.486 e. The van der Waals surface area contributed by atoms with Crippen molar-refractivity contribution in [2.24, 2.45) is 10.9 Å². The maximum atomic E-state index is 12.2. The number of carbonyl (C=O) groups is 2. The van der Waals surface area contributed by atoms with Crippen molar-refractivity contribution < 1.29 is 29.0 Å². The average molecular weight is 453 g/mol. The quantitative estimate of drug-likeness (QED) is 0.631. The number of ether oxygens (including phenoxy) is 2. The van der Waals surface area contributed by atoms with Gasteiger partial charge in [0.05, 0.1) is 13.0 Å². The first-order valence-electron chi connectivity index (χ1n) is 10.9. The summed E-state index contributed by atoms with van der Waals surface area (Å²) in [5.74, 6) is -0.0116. The van der Waals surface area contributed by atoms with Crippen LogP contribution < -0.4 is 10.2 Å². The SMILES string of the molecule is CCOC(=O)N1C[C@H](CC(=O)O)[C@H](c2cccc(OCC3=NC(c4ccccc4)ON3)c2)C1. The summed E-state index contributed by atoms with van der Waals surface area (Å²) in [6.07, 6.45) is -0.855. The summed E-state index contributed by atoms with van der Waals surface area (Å²) in [5.41, 5.74) is 4.67. The van der Waals surface area contributed by atoms with Crippen molar-refractivity contribution in [3.63, 3.8) is 0 Å². The molecule has 174 valence electrons. The number of carbonyl (C=O) groups excluding carboxylic acids is 1. The molecule has 1 fully saturated rings. The third-order valence-corrected chi connectivity index (χ3v) is 5.71. The first-order chi connectivity index (χ1) is 16.0. The van der Waals surface area contributed by atoms with Crippen molar-refractivity contribution in [3.05, 3.63) is 65.7 Å². The van der Waals surface area contributed by atoms with E-state index in [0.717, 1.165) is 11.1 Å². The number of aliphatic imine (C=N–C) groups is 1. The second-order valence-corrected chi connectivity index (χ2v) is 7.99. The lowest BCUT2D eigenvalue weighted by molar-refractivity contribution is -0.138. The van der Waals surface area contributed by atoms with Crippen LogP contribution in [-0.4, -0.2) is 54.2 Å². The van der Waals surface area contributed by atoms with Crippen LogP contribution in [0, 0.1) is 5.92 Å². The van der Waals surface area contributed by atoms with E-state index < -0.39 is 18.3 Å². The van der Waals surface area contributed by atoms with E-state index in [0.29, 0.717) is 24.7 Å². The van der Waals surface area contributed by atoms with Gasteiger partial charge < -0.3 is 19.5 Å². The highest BCUT2D eigenvalue weighted by atomic mass is 16.7. The van der Waals surface area contributed by atoms with Crippen LogP contribution in [0.5, 0.6) is 5.75 Å². The van der Waals surface area contributed by atoms with E-state index in [-0.39, 0.29) is 31.5 Å². The lowest BCUT2D eigenvalue weighted by Gasteiger charge is -2.18. The van der Waals surface area contributed by atoms with Crippen LogP contribution in [0.1, 0.15) is 36.6 Å². The van der Waals surface area contributed by atoms with Crippen molar-refractivity contribution in [1.29, 1.82) is 0 Å². The topological polar surface area (TPSA) is 110 Å². The zero-order valence-corrected chi connectivity index (χ0v) is 18.3. The number of benzene rings is 2. The van der Waals surface area contributed by atoms with Gasteiger partial charge in [0.1, 0.15) is 12.4 Å². The van der Waals surface area contributed by atoms with Crippen molar-refractivity contribution in [1.82, 2.24) is 10.4 Å². The van der Waals surface area contributed by atoms with E-state index in [2.05, 4.69) is 10.5 Å². The predicted molar refractivity (Wildman–Crippen MR) is 120 cm³/mol. The largest absolute Gasteiger partial charge is 0.486 e. The molecule has 9 nitrogen and oxygen atoms in total. The highest BCUT2D eigenvalue weighted by Crippen LogP contribution is 2.36. The smallest absolute Gasteiger partial charge is 0.409 e. The zero-order chi connectivity index (χ0) is 23.2. The Hall–Kier alpha value is -3.59. The number of amides is 1. The highest BCUT2D eigenvalue weighted by Gasteiger charge is 2.38. The molecule has 0 aliphatic carbocycles. The Morgan fingerprint density at radius 1 is 1.15 bits per heavy atom. The maximum absolute atomic E-state index is 12.2. The van der Waals surface area contributed by atoms with E-state index in [1.54, 1.807) is 11.8 Å². The van der Waals surface area contributed by atoms with Gasteiger partial charge in [0.25, 0.3) is 0 Å². The number of amidine groups is 1. The first kappa shape index (κ1) is 22.6. The fourth-order valence-electron chi connectivity index (χ4n) is 4.18. The Morgan fingerprint density at radius 2 is 1.94 bits per heavy atom. The van der Waals surface area contributed by atoms with E-state index in [4.69, 9.17) is 14.3 Å². The molecule has 2 heterocycles. The third-order valence-electron chi connectivity index (χ3n) is 5.71. The average Bonchev–Trinajstić information content (AvgIpc) is 3.46. The Kier molecular flexibility index (Phi) is 7.09. The molecular formula is C24H27N3O6. The van der Waals surface area contributed by atoms with Crippen molar-refractivity contribution >= 4 is 17.9 Å². The van der Waals surface area contributed by atoms with Gasteiger partial charge in [-0.2, -0.15) is 0 Å². The summed E-state index contributed by atoms with van der Waals surface area (Å²) < 4.78 is 11.0. The maximum Gasteiger partial charge on any atom is 0.409 e. The molecule has 2 aromatic carbocycles. The van der Waals surface area contributed by atoms with E-state index in [1.165, 1.54) is 0 Å². The van der Waals surface area contributed by atoms with Crippen LogP contribution in [-0.2, 0) is 14.4 Å². The van der Waals surface area contributed by atoms with Crippen molar-refractivity contribution in [2.45, 2.75) is 25.5 Å². The number of hydrogen-bond donors (Lipinski definition) is 2. The summed E-state index contributed by atoms with van der Waals surface area (Å²) in [4.78, 5) is 35.2. The lowest BCUT2D eigenvalue weighted by atomic mass is 9.87. The molecule has 4 rings (SSSR count). The van der Waals surface area contributed by atoms with Gasteiger partial charge in [-0.1, -0.05) is 42.5 Å². The van der Waals surface area contributed by atoms with Crippen LogP contribution in [0.3, 0.4) is 0 Å². The molecular weight excluding hydrogens is 426 g/mol. The Bertz CT molecular complexity index is 1010. The second kappa shape index (κ2) is 10.4. The molecule has 1 saturated heterocycles. The van der Waals surface area contributed by atoms with Crippen molar-refractivity contribution in [2.75, 3.05) is 26.3 Å². The number of carboxylic acids is 1. The summed E-state index contributed by atoms with van der Waals surface area (Å²) in [6.45, 7) is 2.98. The van der Waals surface area contributed by atoms with E-state index in [9.17, 15) is 14.7 Å². The number of carboxylic acid groups (broad SMARTS) is 1. The van der Waals surface area contributed by atoms with Crippen LogP contribution >= 0.6 is 0 Å². The molecule has 2 aliphatic rings. The van der Waals surface area contributed by atoms with Gasteiger partial charge in [0, 0.05) is 24.6 Å². The number of aliphatic carboxylic acids is 1. The number of hydrogen-bond acceptors (Lipinski definition) is 7. The number of rotatable bonds is 8. The molecule has 3 atom stereocenters. The van der Waals surface area contributed by atoms with Gasteiger partial charge in [-0.15, -0.1) is 0 Å². The summed E-state index contributed by atoms with van der Waals surface area (Å²) in [7, 11) is 0. The molecule has 2 aliphatic heterocycles. The van der Waals surface area contributed by atoms with Crippen LogP contribution in [0.25, 0.3) is 0 Å². The van der Waals surface area contributed by atoms with Crippen LogP contribution in [0.4, 0.5) is 4.79 Å². The van der Waals surface area contributed by atoms with Gasteiger partial charge in [-0.3, -0.25) is 4.79 Å². The van der Waals surface area contributed by atoms with Crippen molar-refractivity contribution in [3.8, 4) is 5.75 Å². The van der Waals surface area contributed by atoms with Gasteiger partial charge >= 0.3 is 12.1 Å². The molecule has 1 amide bonds.